The van der Waals surface area contributed by atoms with Gasteiger partial charge in [-0.2, -0.15) is 0 Å². The normalized spacial score (nSPS) is 17.8. The van der Waals surface area contributed by atoms with Crippen LogP contribution in [0.15, 0.2) is 48.9 Å². The van der Waals surface area contributed by atoms with E-state index in [-0.39, 0.29) is 17.0 Å². The van der Waals surface area contributed by atoms with E-state index in [1.807, 2.05) is 18.3 Å². The van der Waals surface area contributed by atoms with Crippen molar-refractivity contribution in [2.45, 2.75) is 32.4 Å². The Balaban J connectivity index is 1.53. The van der Waals surface area contributed by atoms with E-state index in [2.05, 4.69) is 19.6 Å². The number of rotatable bonds is 5. The second kappa shape index (κ2) is 9.00. The molecule has 0 aliphatic carbocycles. The number of piperidine rings is 1. The summed E-state index contributed by atoms with van der Waals surface area (Å²) in [5.41, 5.74) is 9.28. The van der Waals surface area contributed by atoms with Crippen LogP contribution in [0.2, 0.25) is 0 Å². The van der Waals surface area contributed by atoms with E-state index in [0.717, 1.165) is 43.6 Å². The number of primary amides is 1. The quantitative estimate of drug-likeness (QED) is 0.346. The summed E-state index contributed by atoms with van der Waals surface area (Å²) < 4.78 is 18.7. The zero-order chi connectivity index (χ0) is 24.8. The predicted molar refractivity (Wildman–Crippen MR) is 135 cm³/mol. The zero-order valence-corrected chi connectivity index (χ0v) is 19.9. The molecular formula is C27H27FN6O2. The topological polar surface area (TPSA) is 88.9 Å². The van der Waals surface area contributed by atoms with Crippen LogP contribution in [0, 0.1) is 5.82 Å². The number of hydrogen-bond acceptors (Lipinski definition) is 5. The van der Waals surface area contributed by atoms with E-state index in [0.29, 0.717) is 41.7 Å². The summed E-state index contributed by atoms with van der Waals surface area (Å²) in [6.07, 6.45) is 9.35. The lowest BCUT2D eigenvalue weighted by atomic mass is 9.97. The molecule has 8 nitrogen and oxygen atoms in total. The number of nitrogens with two attached hydrogens (primary N) is 1. The van der Waals surface area contributed by atoms with Crippen molar-refractivity contribution in [3.05, 3.63) is 71.6 Å². The minimum atomic E-state index is -0.747. The molecule has 6 rings (SSSR count). The van der Waals surface area contributed by atoms with E-state index < -0.39 is 5.91 Å². The van der Waals surface area contributed by atoms with Crippen LogP contribution < -0.4 is 5.73 Å². The third-order valence-electron chi connectivity index (χ3n) is 7.30. The lowest BCUT2D eigenvalue weighted by Crippen LogP contribution is -2.45. The summed E-state index contributed by atoms with van der Waals surface area (Å²) in [5, 5.41) is 5.28. The van der Waals surface area contributed by atoms with Gasteiger partial charge >= 0.3 is 0 Å². The van der Waals surface area contributed by atoms with Crippen LogP contribution in [0.4, 0.5) is 4.39 Å². The van der Waals surface area contributed by atoms with E-state index in [1.165, 1.54) is 18.7 Å². The monoisotopic (exact) mass is 486 g/mol. The molecule has 1 aromatic carbocycles. The number of aldehydes is 1. The molecule has 2 aliphatic heterocycles. The van der Waals surface area contributed by atoms with E-state index in [9.17, 15) is 14.0 Å². The van der Waals surface area contributed by atoms with Crippen molar-refractivity contribution in [3.8, 4) is 0 Å². The van der Waals surface area contributed by atoms with Gasteiger partial charge in [0.2, 0.25) is 0 Å². The number of fused-ring (bicyclic) bond motifs is 1. The van der Waals surface area contributed by atoms with Gasteiger partial charge in [0, 0.05) is 61.6 Å². The fourth-order valence-electron chi connectivity index (χ4n) is 5.67. The predicted octanol–water partition coefficient (Wildman–Crippen LogP) is 3.24. The van der Waals surface area contributed by atoms with Gasteiger partial charge in [-0.05, 0) is 42.7 Å². The first-order chi connectivity index (χ1) is 17.5. The Morgan fingerprint density at radius 1 is 1.06 bits per heavy atom. The van der Waals surface area contributed by atoms with Crippen molar-refractivity contribution in [3.63, 3.8) is 0 Å². The standard InChI is InChI=1S/C27H27FN6O2/c28-19-12-18-15-33(32-7-3-1-4-8-32)11-10-31-16-21(20(13-19)26(18)31)22(17-35)25(27(29)36)23-14-30-24-6-2-5-9-34(23)24/h2,5-6,9,12-14,16-17H,1,3-4,7-8,10-11,15H2,(H2,29,36)/b25-22+. The van der Waals surface area contributed by atoms with Gasteiger partial charge in [-0.15, -0.1) is 0 Å². The summed E-state index contributed by atoms with van der Waals surface area (Å²) in [6, 6.07) is 8.47. The summed E-state index contributed by atoms with van der Waals surface area (Å²) in [4.78, 5) is 29.6. The number of carbonyl (C=O) groups excluding carboxylic acids is 2. The van der Waals surface area contributed by atoms with Crippen LogP contribution in [0.3, 0.4) is 0 Å². The van der Waals surface area contributed by atoms with Crippen molar-refractivity contribution in [1.29, 1.82) is 0 Å². The molecule has 0 radical (unpaired) electrons. The minimum Gasteiger partial charge on any atom is -0.366 e. The molecule has 0 atom stereocenters. The van der Waals surface area contributed by atoms with Gasteiger partial charge in [-0.3, -0.25) is 14.0 Å². The third-order valence-corrected chi connectivity index (χ3v) is 7.30. The summed E-state index contributed by atoms with van der Waals surface area (Å²) in [6.45, 7) is 4.07. The number of aromatic nitrogens is 3. The molecule has 2 N–H and O–H groups in total. The fraction of sp³-hybridized carbons (Fsp3) is 0.296. The molecule has 0 unspecified atom stereocenters. The Morgan fingerprint density at radius 3 is 2.67 bits per heavy atom. The van der Waals surface area contributed by atoms with Crippen LogP contribution in [0.1, 0.15) is 36.1 Å². The molecule has 9 heteroatoms. The SMILES string of the molecule is NC(=O)/C(=C(\C=O)c1cn2c3c(cc(F)cc13)CN(N1CCCCC1)CC2)c1cnc2ccccn12. The lowest BCUT2D eigenvalue weighted by molar-refractivity contribution is -0.113. The van der Waals surface area contributed by atoms with E-state index in [1.54, 1.807) is 22.7 Å². The smallest absolute Gasteiger partial charge is 0.251 e. The first-order valence-corrected chi connectivity index (χ1v) is 12.3. The number of amides is 1. The van der Waals surface area contributed by atoms with Gasteiger partial charge in [0.1, 0.15) is 11.5 Å². The molecule has 4 aromatic rings. The van der Waals surface area contributed by atoms with Crippen molar-refractivity contribution in [2.24, 2.45) is 5.73 Å². The Morgan fingerprint density at radius 2 is 1.89 bits per heavy atom. The molecule has 0 saturated carbocycles. The Hall–Kier alpha value is -3.82. The summed E-state index contributed by atoms with van der Waals surface area (Å²) in [5.74, 6) is -1.12. The van der Waals surface area contributed by atoms with Crippen molar-refractivity contribution < 1.29 is 14.0 Å². The molecule has 0 spiro atoms. The van der Waals surface area contributed by atoms with Crippen LogP contribution >= 0.6 is 0 Å². The van der Waals surface area contributed by atoms with Crippen LogP contribution in [-0.2, 0) is 22.7 Å². The van der Waals surface area contributed by atoms with Gasteiger partial charge in [0.05, 0.1) is 23.0 Å². The molecule has 0 bridgehead atoms. The van der Waals surface area contributed by atoms with Crippen LogP contribution in [0.25, 0.3) is 27.7 Å². The van der Waals surface area contributed by atoms with Crippen molar-refractivity contribution in [1.82, 2.24) is 24.0 Å². The highest BCUT2D eigenvalue weighted by Gasteiger charge is 2.27. The Bertz CT molecular complexity index is 1530. The van der Waals surface area contributed by atoms with Gasteiger partial charge in [-0.25, -0.2) is 19.4 Å². The average Bonchev–Trinajstić information content (AvgIpc) is 3.41. The fourth-order valence-corrected chi connectivity index (χ4v) is 5.67. The van der Waals surface area contributed by atoms with E-state index >= 15 is 0 Å². The highest BCUT2D eigenvalue weighted by atomic mass is 19.1. The second-order valence-corrected chi connectivity index (χ2v) is 9.44. The highest BCUT2D eigenvalue weighted by molar-refractivity contribution is 6.36. The average molecular weight is 487 g/mol. The molecule has 2 aliphatic rings. The van der Waals surface area contributed by atoms with Crippen molar-refractivity contribution >= 4 is 39.9 Å². The molecule has 3 aromatic heterocycles. The number of imidazole rings is 1. The summed E-state index contributed by atoms with van der Waals surface area (Å²) in [7, 11) is 0. The van der Waals surface area contributed by atoms with Gasteiger partial charge in [0.25, 0.3) is 5.91 Å². The molecule has 1 saturated heterocycles. The van der Waals surface area contributed by atoms with Crippen molar-refractivity contribution in [2.75, 3.05) is 19.6 Å². The first kappa shape index (κ1) is 22.6. The second-order valence-electron chi connectivity index (χ2n) is 9.44. The molecule has 1 fully saturated rings. The number of benzene rings is 1. The minimum absolute atomic E-state index is 0.0561. The third kappa shape index (κ3) is 3.71. The lowest BCUT2D eigenvalue weighted by Gasteiger charge is -2.36. The molecule has 184 valence electrons. The molecule has 36 heavy (non-hydrogen) atoms. The van der Waals surface area contributed by atoms with Gasteiger partial charge < -0.3 is 10.3 Å². The number of allylic oxidation sites excluding steroid dienone is 1. The van der Waals surface area contributed by atoms with Gasteiger partial charge in [0.15, 0.2) is 6.29 Å². The van der Waals surface area contributed by atoms with E-state index in [4.69, 9.17) is 5.73 Å². The Kier molecular flexibility index (Phi) is 5.66. The molecule has 5 heterocycles. The number of carbonyl (C=O) groups is 2. The number of nitrogens with zero attached hydrogens (tertiary/aromatic N) is 5. The number of halogens is 1. The highest BCUT2D eigenvalue weighted by Crippen LogP contribution is 2.36. The van der Waals surface area contributed by atoms with Crippen LogP contribution in [-0.4, -0.2) is 55.8 Å². The number of hydrazine groups is 1. The summed E-state index contributed by atoms with van der Waals surface area (Å²) >= 11 is 0. The Labute approximate surface area is 207 Å². The molecule has 1 amide bonds. The maximum Gasteiger partial charge on any atom is 0.251 e. The maximum atomic E-state index is 15.0. The number of pyridine rings is 1. The zero-order valence-electron chi connectivity index (χ0n) is 19.9. The van der Waals surface area contributed by atoms with Crippen LogP contribution in [0.5, 0.6) is 0 Å². The molecular weight excluding hydrogens is 459 g/mol. The first-order valence-electron chi connectivity index (χ1n) is 12.3. The van der Waals surface area contributed by atoms with Gasteiger partial charge in [-0.1, -0.05) is 12.5 Å². The maximum absolute atomic E-state index is 15.0. The largest absolute Gasteiger partial charge is 0.366 e. The number of hydrogen-bond donors (Lipinski definition) is 1.